The van der Waals surface area contributed by atoms with E-state index in [2.05, 4.69) is 15.7 Å². The molecule has 36 heavy (non-hydrogen) atoms. The van der Waals surface area contributed by atoms with Crippen LogP contribution in [0, 0.1) is 0 Å². The molecule has 10 heteroatoms. The molecule has 0 aliphatic rings. The van der Waals surface area contributed by atoms with Gasteiger partial charge in [0.2, 0.25) is 0 Å². The number of carbonyl (C=O) groups is 3. The van der Waals surface area contributed by atoms with E-state index in [1.165, 1.54) is 10.7 Å². The topological polar surface area (TPSA) is 129 Å². The fourth-order valence-electron chi connectivity index (χ4n) is 3.33. The molecule has 2 amide bonds. The highest BCUT2D eigenvalue weighted by molar-refractivity contribution is 5.94. The third-order valence-corrected chi connectivity index (χ3v) is 5.01. The van der Waals surface area contributed by atoms with Gasteiger partial charge in [0.1, 0.15) is 0 Å². The first kappa shape index (κ1) is 26.1. The first-order chi connectivity index (χ1) is 17.4. The Balaban J connectivity index is 1.68. The zero-order chi connectivity index (χ0) is 25.9. The third kappa shape index (κ3) is 7.52. The lowest BCUT2D eigenvalue weighted by Gasteiger charge is -2.10. The molecule has 0 spiro atoms. The number of ether oxygens (including phenoxy) is 2. The van der Waals surface area contributed by atoms with Crippen molar-refractivity contribution in [1.82, 2.24) is 15.1 Å². The van der Waals surface area contributed by atoms with Gasteiger partial charge in [0.15, 0.2) is 0 Å². The Morgan fingerprint density at radius 2 is 1.69 bits per heavy atom. The molecule has 0 unspecified atom stereocenters. The average Bonchev–Trinajstić information content (AvgIpc) is 2.86. The fourth-order valence-corrected chi connectivity index (χ4v) is 3.33. The molecular formula is C26H28N4O6. The number of hydrogen-bond acceptors (Lipinski definition) is 7. The van der Waals surface area contributed by atoms with Crippen molar-refractivity contribution >= 4 is 23.7 Å². The molecule has 3 rings (SSSR count). The van der Waals surface area contributed by atoms with Gasteiger partial charge in [-0.1, -0.05) is 24.3 Å². The minimum absolute atomic E-state index is 0.102. The van der Waals surface area contributed by atoms with Crippen LogP contribution in [-0.4, -0.2) is 47.5 Å². The summed E-state index contributed by atoms with van der Waals surface area (Å²) in [5.41, 5.74) is 2.76. The molecule has 1 aromatic heterocycles. The average molecular weight is 493 g/mol. The third-order valence-electron chi connectivity index (χ3n) is 5.01. The number of esters is 1. The minimum Gasteiger partial charge on any atom is -0.466 e. The summed E-state index contributed by atoms with van der Waals surface area (Å²) >= 11 is 0. The lowest BCUT2D eigenvalue weighted by Crippen LogP contribution is -2.26. The Labute approximate surface area is 208 Å². The van der Waals surface area contributed by atoms with Crippen LogP contribution in [0.1, 0.15) is 36.2 Å². The van der Waals surface area contributed by atoms with Crippen molar-refractivity contribution < 1.29 is 23.9 Å². The van der Waals surface area contributed by atoms with Crippen LogP contribution in [-0.2, 0) is 20.8 Å². The van der Waals surface area contributed by atoms with Gasteiger partial charge in [0.05, 0.1) is 31.9 Å². The number of nitrogens with one attached hydrogen (secondary N) is 2. The lowest BCUT2D eigenvalue weighted by atomic mass is 10.1. The van der Waals surface area contributed by atoms with Crippen LogP contribution in [0.5, 0.6) is 0 Å². The monoisotopic (exact) mass is 492 g/mol. The zero-order valence-corrected chi connectivity index (χ0v) is 20.2. The Morgan fingerprint density at radius 1 is 0.944 bits per heavy atom. The Morgan fingerprint density at radius 3 is 2.42 bits per heavy atom. The number of nitrogens with zero attached hydrogens (tertiary/aromatic N) is 2. The first-order valence-corrected chi connectivity index (χ1v) is 11.5. The van der Waals surface area contributed by atoms with Crippen molar-refractivity contribution in [2.75, 3.05) is 25.1 Å². The van der Waals surface area contributed by atoms with E-state index in [0.29, 0.717) is 23.6 Å². The molecule has 0 aliphatic carbocycles. The highest BCUT2D eigenvalue weighted by Gasteiger charge is 2.10. The van der Waals surface area contributed by atoms with Crippen molar-refractivity contribution in [3.8, 4) is 11.3 Å². The summed E-state index contributed by atoms with van der Waals surface area (Å²) in [7, 11) is 0. The molecule has 0 bridgehead atoms. The van der Waals surface area contributed by atoms with Gasteiger partial charge in [0.25, 0.3) is 11.5 Å². The largest absolute Gasteiger partial charge is 0.466 e. The normalized spacial score (nSPS) is 10.4. The summed E-state index contributed by atoms with van der Waals surface area (Å²) in [4.78, 5) is 47.8. The number of amides is 2. The van der Waals surface area contributed by atoms with Crippen LogP contribution in [0.2, 0.25) is 0 Å². The molecule has 1 heterocycles. The van der Waals surface area contributed by atoms with E-state index in [0.717, 1.165) is 11.1 Å². The molecular weight excluding hydrogens is 464 g/mol. The molecule has 0 radical (unpaired) electrons. The van der Waals surface area contributed by atoms with Gasteiger partial charge in [-0.25, -0.2) is 9.48 Å². The Kier molecular flexibility index (Phi) is 9.33. The summed E-state index contributed by atoms with van der Waals surface area (Å²) in [6.45, 7) is 4.39. The molecule has 3 aromatic rings. The maximum atomic E-state index is 12.4. The van der Waals surface area contributed by atoms with Crippen LogP contribution >= 0.6 is 0 Å². The van der Waals surface area contributed by atoms with Crippen molar-refractivity contribution in [1.29, 1.82) is 0 Å². The summed E-state index contributed by atoms with van der Waals surface area (Å²) in [6, 6.07) is 16.9. The van der Waals surface area contributed by atoms with Gasteiger partial charge in [-0.05, 0) is 49.7 Å². The molecule has 0 fully saturated rings. The number of anilines is 1. The second kappa shape index (κ2) is 12.8. The predicted molar refractivity (Wildman–Crippen MR) is 134 cm³/mol. The molecule has 2 aromatic carbocycles. The van der Waals surface area contributed by atoms with Crippen molar-refractivity contribution in [2.45, 2.75) is 26.8 Å². The number of hydrogen-bond donors (Lipinski definition) is 2. The van der Waals surface area contributed by atoms with E-state index in [-0.39, 0.29) is 43.6 Å². The number of benzene rings is 2. The molecule has 0 aliphatic heterocycles. The van der Waals surface area contributed by atoms with Crippen LogP contribution in [0.3, 0.4) is 0 Å². The van der Waals surface area contributed by atoms with Crippen LogP contribution in [0.15, 0.2) is 65.5 Å². The smallest absolute Gasteiger partial charge is 0.411 e. The molecule has 10 nitrogen and oxygen atoms in total. The Hall–Kier alpha value is -4.47. The molecule has 0 saturated carbocycles. The first-order valence-electron chi connectivity index (χ1n) is 11.5. The van der Waals surface area contributed by atoms with Gasteiger partial charge in [-0.2, -0.15) is 5.10 Å². The number of rotatable bonds is 10. The van der Waals surface area contributed by atoms with E-state index in [1.54, 1.807) is 62.4 Å². The molecule has 0 atom stereocenters. The minimum atomic E-state index is -0.553. The van der Waals surface area contributed by atoms with Crippen LogP contribution < -0.4 is 16.2 Å². The quantitative estimate of drug-likeness (QED) is 0.416. The SMILES string of the molecule is CCOC(=O)CCNC(=O)c1ccc(-c2ccc(=O)n(Cc3cccc(NC(=O)OCC)c3)n2)cc1. The summed E-state index contributed by atoms with van der Waals surface area (Å²) in [6.07, 6.45) is -0.451. The maximum Gasteiger partial charge on any atom is 0.411 e. The molecule has 0 saturated heterocycles. The van der Waals surface area contributed by atoms with Crippen molar-refractivity contribution in [3.63, 3.8) is 0 Å². The molecule has 188 valence electrons. The second-order valence-corrected chi connectivity index (χ2v) is 7.65. The van der Waals surface area contributed by atoms with E-state index < -0.39 is 6.09 Å². The highest BCUT2D eigenvalue weighted by atomic mass is 16.5. The summed E-state index contributed by atoms with van der Waals surface area (Å²) in [5, 5.41) is 9.77. The zero-order valence-electron chi connectivity index (χ0n) is 20.2. The van der Waals surface area contributed by atoms with Gasteiger partial charge >= 0.3 is 12.1 Å². The second-order valence-electron chi connectivity index (χ2n) is 7.65. The maximum absolute atomic E-state index is 12.4. The van der Waals surface area contributed by atoms with Gasteiger partial charge in [-0.15, -0.1) is 0 Å². The van der Waals surface area contributed by atoms with E-state index in [4.69, 9.17) is 9.47 Å². The van der Waals surface area contributed by atoms with E-state index in [9.17, 15) is 19.2 Å². The Bertz CT molecular complexity index is 1270. The van der Waals surface area contributed by atoms with Crippen LogP contribution in [0.25, 0.3) is 11.3 Å². The highest BCUT2D eigenvalue weighted by Crippen LogP contribution is 2.17. The standard InChI is InChI=1S/C26H28N4O6/c1-3-35-24(32)14-15-27-25(33)20-10-8-19(9-11-20)22-12-13-23(31)30(29-22)17-18-6-5-7-21(16-18)28-26(34)36-4-2/h5-13,16H,3-4,14-15,17H2,1-2H3,(H,27,33)(H,28,34). The predicted octanol–water partition coefficient (Wildman–Crippen LogP) is 3.21. The fraction of sp³-hybridized carbons (Fsp3) is 0.269. The number of aromatic nitrogens is 2. The van der Waals surface area contributed by atoms with Crippen molar-refractivity contribution in [3.05, 3.63) is 82.1 Å². The van der Waals surface area contributed by atoms with Gasteiger partial charge in [-0.3, -0.25) is 19.7 Å². The van der Waals surface area contributed by atoms with Gasteiger partial charge < -0.3 is 14.8 Å². The number of carbonyl (C=O) groups excluding carboxylic acids is 3. The van der Waals surface area contributed by atoms with Gasteiger partial charge in [0, 0.05) is 29.4 Å². The summed E-state index contributed by atoms with van der Waals surface area (Å²) in [5.74, 6) is -0.670. The van der Waals surface area contributed by atoms with E-state index in [1.807, 2.05) is 6.07 Å². The lowest BCUT2D eigenvalue weighted by molar-refractivity contribution is -0.142. The summed E-state index contributed by atoms with van der Waals surface area (Å²) < 4.78 is 11.1. The van der Waals surface area contributed by atoms with Crippen LogP contribution in [0.4, 0.5) is 10.5 Å². The van der Waals surface area contributed by atoms with Crippen molar-refractivity contribution in [2.24, 2.45) is 0 Å². The van der Waals surface area contributed by atoms with E-state index >= 15 is 0 Å². The molecule has 2 N–H and O–H groups in total.